The van der Waals surface area contributed by atoms with Crippen molar-refractivity contribution in [2.24, 2.45) is 0 Å². The molecule has 0 saturated carbocycles. The zero-order valence-corrected chi connectivity index (χ0v) is 12.4. The lowest BCUT2D eigenvalue weighted by atomic mass is 10.1. The first-order valence-electron chi connectivity index (χ1n) is 7.78. The minimum atomic E-state index is -0.298. The second-order valence-electron chi connectivity index (χ2n) is 5.81. The number of nitrogens with zero attached hydrogens (tertiary/aromatic N) is 3. The average Bonchev–Trinajstić information content (AvgIpc) is 3.09. The normalized spacial score (nSPS) is 21.0. The predicted octanol–water partition coefficient (Wildman–Crippen LogP) is 2.54. The van der Waals surface area contributed by atoms with E-state index in [4.69, 9.17) is 0 Å². The second-order valence-corrected chi connectivity index (χ2v) is 5.81. The summed E-state index contributed by atoms with van der Waals surface area (Å²) in [6.45, 7) is 3.96. The molecule has 22 heavy (non-hydrogen) atoms. The van der Waals surface area contributed by atoms with Crippen molar-refractivity contribution in [1.29, 1.82) is 0 Å². The van der Waals surface area contributed by atoms with E-state index in [9.17, 15) is 4.39 Å². The quantitative estimate of drug-likeness (QED) is 0.923. The Bertz CT molecular complexity index is 652. The SMILES string of the molecule is Fc1ccc(N2CCN([C@@H]3CCNC3)c3ccccc32)nc1. The molecule has 0 amide bonds. The Morgan fingerprint density at radius 1 is 1.09 bits per heavy atom. The molecular formula is C17H19FN4. The van der Waals surface area contributed by atoms with Crippen LogP contribution in [0.2, 0.25) is 0 Å². The molecule has 1 aromatic heterocycles. The zero-order chi connectivity index (χ0) is 14.9. The van der Waals surface area contributed by atoms with Crippen LogP contribution in [0.4, 0.5) is 21.6 Å². The van der Waals surface area contributed by atoms with Crippen molar-refractivity contribution in [2.45, 2.75) is 12.5 Å². The van der Waals surface area contributed by atoms with Crippen molar-refractivity contribution in [3.63, 3.8) is 0 Å². The summed E-state index contributed by atoms with van der Waals surface area (Å²) in [5.74, 6) is 0.505. The Hall–Kier alpha value is -2.14. The van der Waals surface area contributed by atoms with Crippen LogP contribution < -0.4 is 15.1 Å². The maximum Gasteiger partial charge on any atom is 0.141 e. The maximum atomic E-state index is 13.1. The highest BCUT2D eigenvalue weighted by molar-refractivity contribution is 5.78. The first-order chi connectivity index (χ1) is 10.8. The summed E-state index contributed by atoms with van der Waals surface area (Å²) in [7, 11) is 0. The Labute approximate surface area is 129 Å². The highest BCUT2D eigenvalue weighted by Crippen LogP contribution is 2.38. The highest BCUT2D eigenvalue weighted by Gasteiger charge is 2.30. The number of para-hydroxylation sites is 2. The van der Waals surface area contributed by atoms with Gasteiger partial charge in [0.1, 0.15) is 11.6 Å². The summed E-state index contributed by atoms with van der Waals surface area (Å²) in [5, 5.41) is 3.44. The maximum absolute atomic E-state index is 13.1. The lowest BCUT2D eigenvalue weighted by Crippen LogP contribution is -2.45. The van der Waals surface area contributed by atoms with Gasteiger partial charge >= 0.3 is 0 Å². The van der Waals surface area contributed by atoms with Crippen LogP contribution in [-0.4, -0.2) is 37.2 Å². The van der Waals surface area contributed by atoms with Crippen LogP contribution in [0, 0.1) is 5.82 Å². The molecule has 0 unspecified atom stereocenters. The van der Waals surface area contributed by atoms with Gasteiger partial charge < -0.3 is 15.1 Å². The Morgan fingerprint density at radius 3 is 2.68 bits per heavy atom. The lowest BCUT2D eigenvalue weighted by Gasteiger charge is -2.41. The van der Waals surface area contributed by atoms with Crippen LogP contribution in [0.15, 0.2) is 42.6 Å². The standard InChI is InChI=1S/C17H19FN4/c18-13-5-6-17(20-11-13)22-10-9-21(14-7-8-19-12-14)15-3-1-2-4-16(15)22/h1-6,11,14,19H,7-10,12H2/t14-/m1/s1. The van der Waals surface area contributed by atoms with E-state index in [1.807, 2.05) is 6.07 Å². The molecule has 0 bridgehead atoms. The number of rotatable bonds is 2. The van der Waals surface area contributed by atoms with E-state index in [1.54, 1.807) is 6.07 Å². The van der Waals surface area contributed by atoms with Gasteiger partial charge in [-0.2, -0.15) is 0 Å². The summed E-state index contributed by atoms with van der Waals surface area (Å²) < 4.78 is 13.1. The fourth-order valence-electron chi connectivity index (χ4n) is 3.43. The summed E-state index contributed by atoms with van der Waals surface area (Å²) in [6, 6.07) is 12.2. The number of anilines is 3. The van der Waals surface area contributed by atoms with Crippen molar-refractivity contribution >= 4 is 17.2 Å². The van der Waals surface area contributed by atoms with Gasteiger partial charge in [0.25, 0.3) is 0 Å². The van der Waals surface area contributed by atoms with Crippen LogP contribution >= 0.6 is 0 Å². The minimum absolute atomic E-state index is 0.298. The summed E-state index contributed by atoms with van der Waals surface area (Å²) in [6.07, 6.45) is 2.47. The molecule has 2 aliphatic rings. The third-order valence-electron chi connectivity index (χ3n) is 4.51. The van der Waals surface area contributed by atoms with E-state index in [-0.39, 0.29) is 5.82 Å². The monoisotopic (exact) mass is 298 g/mol. The average molecular weight is 298 g/mol. The minimum Gasteiger partial charge on any atom is -0.364 e. The molecule has 4 nitrogen and oxygen atoms in total. The van der Waals surface area contributed by atoms with Gasteiger partial charge in [0, 0.05) is 25.7 Å². The molecule has 1 fully saturated rings. The van der Waals surface area contributed by atoms with Gasteiger partial charge in [0.2, 0.25) is 0 Å². The number of halogens is 1. The molecule has 1 aromatic carbocycles. The molecule has 2 aliphatic heterocycles. The number of benzene rings is 1. The molecule has 4 rings (SSSR count). The van der Waals surface area contributed by atoms with E-state index >= 15 is 0 Å². The Kier molecular flexibility index (Phi) is 3.42. The number of hydrogen-bond acceptors (Lipinski definition) is 4. The summed E-state index contributed by atoms with van der Waals surface area (Å²) in [4.78, 5) is 8.91. The molecule has 0 spiro atoms. The molecular weight excluding hydrogens is 279 g/mol. The molecule has 3 heterocycles. The predicted molar refractivity (Wildman–Crippen MR) is 86.3 cm³/mol. The van der Waals surface area contributed by atoms with Gasteiger partial charge in [-0.25, -0.2) is 9.37 Å². The third-order valence-corrected chi connectivity index (χ3v) is 4.51. The molecule has 0 aliphatic carbocycles. The van der Waals surface area contributed by atoms with E-state index in [2.05, 4.69) is 38.3 Å². The topological polar surface area (TPSA) is 31.4 Å². The first-order valence-corrected chi connectivity index (χ1v) is 7.78. The largest absolute Gasteiger partial charge is 0.364 e. The molecule has 0 radical (unpaired) electrons. The number of nitrogens with one attached hydrogen (secondary N) is 1. The van der Waals surface area contributed by atoms with Crippen molar-refractivity contribution in [3.05, 3.63) is 48.4 Å². The molecule has 5 heteroatoms. The van der Waals surface area contributed by atoms with Gasteiger partial charge in [0.05, 0.1) is 17.6 Å². The van der Waals surface area contributed by atoms with Gasteiger partial charge in [-0.05, 0) is 37.2 Å². The first kappa shape index (κ1) is 13.5. The summed E-state index contributed by atoms with van der Waals surface area (Å²) >= 11 is 0. The van der Waals surface area contributed by atoms with Gasteiger partial charge in [0.15, 0.2) is 0 Å². The third kappa shape index (κ3) is 2.31. The van der Waals surface area contributed by atoms with Gasteiger partial charge in [-0.1, -0.05) is 12.1 Å². The zero-order valence-electron chi connectivity index (χ0n) is 12.4. The number of aromatic nitrogens is 1. The van der Waals surface area contributed by atoms with Crippen LogP contribution in [0.5, 0.6) is 0 Å². The summed E-state index contributed by atoms with van der Waals surface area (Å²) in [5.41, 5.74) is 2.40. The van der Waals surface area contributed by atoms with Gasteiger partial charge in [-0.15, -0.1) is 0 Å². The van der Waals surface area contributed by atoms with E-state index in [0.29, 0.717) is 6.04 Å². The second kappa shape index (κ2) is 5.57. The molecule has 114 valence electrons. The van der Waals surface area contributed by atoms with Crippen molar-refractivity contribution < 1.29 is 4.39 Å². The number of pyridine rings is 1. The Balaban J connectivity index is 1.70. The van der Waals surface area contributed by atoms with E-state index < -0.39 is 0 Å². The lowest BCUT2D eigenvalue weighted by molar-refractivity contribution is 0.613. The molecule has 1 atom stereocenters. The van der Waals surface area contributed by atoms with Crippen LogP contribution in [0.25, 0.3) is 0 Å². The number of fused-ring (bicyclic) bond motifs is 1. The van der Waals surface area contributed by atoms with Gasteiger partial charge in [-0.3, -0.25) is 0 Å². The number of hydrogen-bond donors (Lipinski definition) is 1. The van der Waals surface area contributed by atoms with Crippen molar-refractivity contribution in [3.8, 4) is 0 Å². The van der Waals surface area contributed by atoms with Crippen molar-refractivity contribution in [1.82, 2.24) is 10.3 Å². The van der Waals surface area contributed by atoms with Crippen LogP contribution in [0.3, 0.4) is 0 Å². The Morgan fingerprint density at radius 2 is 1.95 bits per heavy atom. The fourth-order valence-corrected chi connectivity index (χ4v) is 3.43. The van der Waals surface area contributed by atoms with E-state index in [0.717, 1.165) is 37.7 Å². The van der Waals surface area contributed by atoms with Crippen LogP contribution in [0.1, 0.15) is 6.42 Å². The van der Waals surface area contributed by atoms with Crippen molar-refractivity contribution in [2.75, 3.05) is 36.0 Å². The molecule has 1 saturated heterocycles. The highest BCUT2D eigenvalue weighted by atomic mass is 19.1. The molecule has 1 N–H and O–H groups in total. The smallest absolute Gasteiger partial charge is 0.141 e. The molecule has 2 aromatic rings. The fraction of sp³-hybridized carbons (Fsp3) is 0.353. The van der Waals surface area contributed by atoms with Crippen LogP contribution in [-0.2, 0) is 0 Å². The van der Waals surface area contributed by atoms with E-state index in [1.165, 1.54) is 24.4 Å².